The van der Waals surface area contributed by atoms with Crippen LogP contribution in [0.15, 0.2) is 12.5 Å². The summed E-state index contributed by atoms with van der Waals surface area (Å²) >= 11 is 0. The summed E-state index contributed by atoms with van der Waals surface area (Å²) < 4.78 is 0. The summed E-state index contributed by atoms with van der Waals surface area (Å²) in [4.78, 5) is 66.4. The fourth-order valence-corrected chi connectivity index (χ4v) is 2.65. The standard InChI is InChI=1S/C18H29N7O7/c1-8(2)14(18(31)32)25-17(30)12(6-26)24-16(29)11(4-13(20)27)23-15(28)10(19)3-9-5-21-7-22-9/h5,7-8,10-12,14,26H,3-4,6,19H2,1-2H3,(H2,20,27)(H,21,22)(H,23,28)(H,24,29)(H,25,30)(H,31,32). The van der Waals surface area contributed by atoms with Crippen molar-refractivity contribution < 1.29 is 34.2 Å². The number of carbonyl (C=O) groups excluding carboxylic acids is 4. The van der Waals surface area contributed by atoms with E-state index in [-0.39, 0.29) is 6.42 Å². The molecule has 0 aliphatic rings. The highest BCUT2D eigenvalue weighted by Crippen LogP contribution is 2.03. The Bertz CT molecular complexity index is 813. The highest BCUT2D eigenvalue weighted by atomic mass is 16.4. The van der Waals surface area contributed by atoms with Crippen LogP contribution < -0.4 is 27.4 Å². The monoisotopic (exact) mass is 455 g/mol. The molecule has 1 rings (SSSR count). The smallest absolute Gasteiger partial charge is 0.326 e. The molecule has 0 aliphatic heterocycles. The SMILES string of the molecule is CC(C)C(NC(=O)C(CO)NC(=O)C(CC(N)=O)NC(=O)C(N)Cc1cnc[nH]1)C(=O)O. The Labute approximate surface area is 183 Å². The fourth-order valence-electron chi connectivity index (χ4n) is 2.65. The van der Waals surface area contributed by atoms with E-state index in [1.165, 1.54) is 12.5 Å². The summed E-state index contributed by atoms with van der Waals surface area (Å²) in [6, 6.07) is -5.35. The molecule has 0 aromatic carbocycles. The van der Waals surface area contributed by atoms with E-state index in [9.17, 15) is 34.2 Å². The summed E-state index contributed by atoms with van der Waals surface area (Å²) in [7, 11) is 0. The third kappa shape index (κ3) is 8.31. The van der Waals surface area contributed by atoms with E-state index in [2.05, 4.69) is 25.9 Å². The molecule has 10 N–H and O–H groups in total. The van der Waals surface area contributed by atoms with E-state index >= 15 is 0 Å². The van der Waals surface area contributed by atoms with Crippen molar-refractivity contribution in [2.24, 2.45) is 17.4 Å². The Morgan fingerprint density at radius 1 is 1.06 bits per heavy atom. The Morgan fingerprint density at radius 3 is 2.12 bits per heavy atom. The first-order valence-corrected chi connectivity index (χ1v) is 9.72. The number of nitrogens with one attached hydrogen (secondary N) is 4. The molecule has 0 spiro atoms. The van der Waals surface area contributed by atoms with Crippen molar-refractivity contribution in [1.82, 2.24) is 25.9 Å². The van der Waals surface area contributed by atoms with Crippen LogP contribution in [-0.4, -0.2) is 80.6 Å². The molecule has 0 fully saturated rings. The number of aliphatic hydroxyl groups excluding tert-OH is 1. The molecule has 14 heteroatoms. The molecule has 0 saturated carbocycles. The van der Waals surface area contributed by atoms with Gasteiger partial charge in [-0.2, -0.15) is 0 Å². The topological polar surface area (TPSA) is 243 Å². The normalized spacial score (nSPS) is 14.7. The number of aliphatic hydroxyl groups is 1. The van der Waals surface area contributed by atoms with Gasteiger partial charge in [0.1, 0.15) is 18.1 Å². The molecule has 14 nitrogen and oxygen atoms in total. The predicted octanol–water partition coefficient (Wildman–Crippen LogP) is -3.66. The Hall–Kier alpha value is -3.52. The van der Waals surface area contributed by atoms with Crippen molar-refractivity contribution in [1.29, 1.82) is 0 Å². The van der Waals surface area contributed by atoms with Gasteiger partial charge in [-0.3, -0.25) is 19.2 Å². The van der Waals surface area contributed by atoms with E-state index < -0.39 is 72.7 Å². The van der Waals surface area contributed by atoms with Crippen molar-refractivity contribution in [2.75, 3.05) is 6.61 Å². The van der Waals surface area contributed by atoms with Crippen LogP contribution in [0.2, 0.25) is 0 Å². The number of nitrogens with zero attached hydrogens (tertiary/aromatic N) is 1. The number of nitrogens with two attached hydrogens (primary N) is 2. The van der Waals surface area contributed by atoms with Gasteiger partial charge in [-0.05, 0) is 5.92 Å². The zero-order chi connectivity index (χ0) is 24.4. The largest absolute Gasteiger partial charge is 0.480 e. The average Bonchev–Trinajstić information content (AvgIpc) is 3.21. The molecule has 0 radical (unpaired) electrons. The van der Waals surface area contributed by atoms with Crippen molar-refractivity contribution in [3.05, 3.63) is 18.2 Å². The van der Waals surface area contributed by atoms with Crippen LogP contribution >= 0.6 is 0 Å². The molecule has 1 aromatic heterocycles. The van der Waals surface area contributed by atoms with Gasteiger partial charge in [0.2, 0.25) is 23.6 Å². The second-order valence-electron chi connectivity index (χ2n) is 7.43. The fraction of sp³-hybridized carbons (Fsp3) is 0.556. The van der Waals surface area contributed by atoms with E-state index in [1.54, 1.807) is 13.8 Å². The van der Waals surface area contributed by atoms with Crippen molar-refractivity contribution in [2.45, 2.75) is 50.9 Å². The Balaban J connectivity index is 2.83. The number of imidazole rings is 1. The number of aliphatic carboxylic acids is 1. The van der Waals surface area contributed by atoms with Crippen LogP contribution in [0.3, 0.4) is 0 Å². The van der Waals surface area contributed by atoms with Crippen LogP contribution in [0, 0.1) is 5.92 Å². The number of carboxylic acid groups (broad SMARTS) is 1. The molecule has 0 bridgehead atoms. The van der Waals surface area contributed by atoms with Gasteiger partial charge in [0.05, 0.1) is 25.4 Å². The van der Waals surface area contributed by atoms with Crippen LogP contribution in [0.25, 0.3) is 0 Å². The molecule has 178 valence electrons. The lowest BCUT2D eigenvalue weighted by molar-refractivity contribution is -0.144. The molecular formula is C18H29N7O7. The van der Waals surface area contributed by atoms with Gasteiger partial charge >= 0.3 is 5.97 Å². The van der Waals surface area contributed by atoms with Crippen molar-refractivity contribution in [3.63, 3.8) is 0 Å². The van der Waals surface area contributed by atoms with Gasteiger partial charge in [0.15, 0.2) is 0 Å². The lowest BCUT2D eigenvalue weighted by Gasteiger charge is -2.24. The van der Waals surface area contributed by atoms with Crippen LogP contribution in [0.1, 0.15) is 26.0 Å². The molecule has 0 saturated heterocycles. The zero-order valence-corrected chi connectivity index (χ0v) is 17.7. The maximum Gasteiger partial charge on any atom is 0.326 e. The third-order valence-electron chi connectivity index (χ3n) is 4.42. The highest BCUT2D eigenvalue weighted by molar-refractivity contribution is 5.96. The molecule has 32 heavy (non-hydrogen) atoms. The summed E-state index contributed by atoms with van der Waals surface area (Å²) in [5, 5.41) is 25.3. The number of H-pyrrole nitrogens is 1. The summed E-state index contributed by atoms with van der Waals surface area (Å²) in [5.74, 6) is -5.38. The van der Waals surface area contributed by atoms with Crippen molar-refractivity contribution in [3.8, 4) is 0 Å². The number of carbonyl (C=O) groups is 5. The average molecular weight is 455 g/mol. The molecular weight excluding hydrogens is 426 g/mol. The number of primary amides is 1. The maximum atomic E-state index is 12.6. The van der Waals surface area contributed by atoms with E-state index in [0.717, 1.165) is 0 Å². The minimum absolute atomic E-state index is 0.0736. The Kier molecular flexibility index (Phi) is 10.2. The van der Waals surface area contributed by atoms with E-state index in [1.807, 2.05) is 0 Å². The summed E-state index contributed by atoms with van der Waals surface area (Å²) in [6.07, 6.45) is 2.34. The molecule has 1 heterocycles. The first-order chi connectivity index (χ1) is 15.0. The number of aromatic amines is 1. The number of hydrogen-bond acceptors (Lipinski definition) is 8. The minimum atomic E-state index is -1.53. The second kappa shape index (κ2) is 12.4. The lowest BCUT2D eigenvalue weighted by Crippen LogP contribution is -2.59. The molecule has 4 amide bonds. The summed E-state index contributed by atoms with van der Waals surface area (Å²) in [5.41, 5.74) is 11.5. The predicted molar refractivity (Wildman–Crippen MR) is 109 cm³/mol. The molecule has 1 aromatic rings. The highest BCUT2D eigenvalue weighted by Gasteiger charge is 2.31. The van der Waals surface area contributed by atoms with E-state index in [4.69, 9.17) is 11.5 Å². The van der Waals surface area contributed by atoms with Gasteiger partial charge in [0.25, 0.3) is 0 Å². The molecule has 0 aliphatic carbocycles. The second-order valence-corrected chi connectivity index (χ2v) is 7.43. The molecule has 4 unspecified atom stereocenters. The molecule has 4 atom stereocenters. The first-order valence-electron chi connectivity index (χ1n) is 9.72. The van der Waals surface area contributed by atoms with E-state index in [0.29, 0.717) is 5.69 Å². The van der Waals surface area contributed by atoms with Gasteiger partial charge in [0, 0.05) is 18.3 Å². The number of carboxylic acids is 1. The van der Waals surface area contributed by atoms with Gasteiger partial charge in [-0.15, -0.1) is 0 Å². The Morgan fingerprint density at radius 2 is 1.66 bits per heavy atom. The number of amides is 4. The maximum absolute atomic E-state index is 12.6. The number of aromatic nitrogens is 2. The van der Waals surface area contributed by atoms with Crippen molar-refractivity contribution >= 4 is 29.6 Å². The third-order valence-corrected chi connectivity index (χ3v) is 4.42. The first kappa shape index (κ1) is 26.5. The van der Waals surface area contributed by atoms with Gasteiger partial charge in [-0.1, -0.05) is 13.8 Å². The lowest BCUT2D eigenvalue weighted by atomic mass is 10.0. The number of hydrogen-bond donors (Lipinski definition) is 8. The zero-order valence-electron chi connectivity index (χ0n) is 17.7. The van der Waals surface area contributed by atoms with Crippen LogP contribution in [0.4, 0.5) is 0 Å². The number of rotatable bonds is 13. The van der Waals surface area contributed by atoms with Gasteiger partial charge in [-0.25, -0.2) is 9.78 Å². The quantitative estimate of drug-likeness (QED) is 0.146. The minimum Gasteiger partial charge on any atom is -0.480 e. The summed E-state index contributed by atoms with van der Waals surface area (Å²) in [6.45, 7) is 2.27. The van der Waals surface area contributed by atoms with Crippen LogP contribution in [-0.2, 0) is 30.4 Å². The van der Waals surface area contributed by atoms with Crippen LogP contribution in [0.5, 0.6) is 0 Å². The van der Waals surface area contributed by atoms with Gasteiger partial charge < -0.3 is 42.6 Å².